The summed E-state index contributed by atoms with van der Waals surface area (Å²) in [6, 6.07) is 7.54. The second kappa shape index (κ2) is 5.37. The fourth-order valence-electron chi connectivity index (χ4n) is 1.09. The molecule has 0 spiro atoms. The molecule has 1 rings (SSSR count). The average Bonchev–Trinajstić information content (AvgIpc) is 2.08. The Morgan fingerprint density at radius 1 is 1.38 bits per heavy atom. The van der Waals surface area contributed by atoms with Crippen molar-refractivity contribution >= 4 is 22.7 Å². The van der Waals surface area contributed by atoms with E-state index >= 15 is 0 Å². The van der Waals surface area contributed by atoms with Crippen molar-refractivity contribution in [2.75, 3.05) is 5.75 Å². The predicted octanol–water partition coefficient (Wildman–Crippen LogP) is 2.49. The highest BCUT2D eigenvalue weighted by molar-refractivity contribution is 7.79. The molecule has 2 nitrogen and oxygen atoms in total. The highest BCUT2D eigenvalue weighted by Crippen LogP contribution is 2.16. The van der Waals surface area contributed by atoms with Crippen LogP contribution in [0, 0.1) is 0 Å². The number of aryl methyl sites for hydroxylation is 1. The maximum absolute atomic E-state index is 10.4. The van der Waals surface area contributed by atoms with E-state index in [9.17, 15) is 4.21 Å². The second-order valence-corrected chi connectivity index (χ2v) is 4.18. The summed E-state index contributed by atoms with van der Waals surface area (Å²) in [4.78, 5) is 0. The van der Waals surface area contributed by atoms with Crippen molar-refractivity contribution in [2.45, 2.75) is 12.8 Å². The van der Waals surface area contributed by atoms with Gasteiger partial charge in [-0.2, -0.15) is 0 Å². The van der Waals surface area contributed by atoms with Crippen LogP contribution in [-0.4, -0.2) is 14.5 Å². The van der Waals surface area contributed by atoms with E-state index in [0.29, 0.717) is 12.2 Å². The summed E-state index contributed by atoms with van der Waals surface area (Å²) >= 11 is 4.21. The number of benzene rings is 1. The third-order valence-corrected chi connectivity index (χ3v) is 2.73. The van der Waals surface area contributed by atoms with E-state index in [1.54, 1.807) is 0 Å². The molecule has 1 aromatic rings. The number of hydrogen-bond acceptors (Lipinski definition) is 1. The lowest BCUT2D eigenvalue weighted by Gasteiger charge is -2.01. The zero-order valence-corrected chi connectivity index (χ0v) is 8.64. The van der Waals surface area contributed by atoms with Crippen LogP contribution in [0.5, 0.6) is 0 Å². The van der Waals surface area contributed by atoms with Gasteiger partial charge < -0.3 is 4.55 Å². The molecule has 1 atom stereocenters. The van der Waals surface area contributed by atoms with Crippen LogP contribution in [0.2, 0.25) is 5.02 Å². The first-order valence-corrected chi connectivity index (χ1v) is 5.66. The van der Waals surface area contributed by atoms with Gasteiger partial charge in [-0.3, -0.25) is 0 Å². The molecule has 0 amide bonds. The molecule has 1 N–H and O–H groups in total. The van der Waals surface area contributed by atoms with E-state index in [0.717, 1.165) is 17.0 Å². The third kappa shape index (κ3) is 3.89. The number of hydrogen-bond donors (Lipinski definition) is 1. The van der Waals surface area contributed by atoms with Crippen LogP contribution in [0.15, 0.2) is 24.3 Å². The fraction of sp³-hybridized carbons (Fsp3) is 0.333. The molecule has 13 heavy (non-hydrogen) atoms. The van der Waals surface area contributed by atoms with Crippen molar-refractivity contribution < 1.29 is 8.76 Å². The van der Waals surface area contributed by atoms with E-state index in [1.807, 2.05) is 24.3 Å². The van der Waals surface area contributed by atoms with Gasteiger partial charge in [0, 0.05) is 10.8 Å². The predicted molar refractivity (Wildman–Crippen MR) is 55.4 cm³/mol. The molecule has 4 heteroatoms. The monoisotopic (exact) mass is 218 g/mol. The summed E-state index contributed by atoms with van der Waals surface area (Å²) in [7, 11) is 0. The van der Waals surface area contributed by atoms with Crippen molar-refractivity contribution in [1.29, 1.82) is 0 Å². The van der Waals surface area contributed by atoms with E-state index in [2.05, 4.69) is 0 Å². The molecule has 0 radical (unpaired) electrons. The van der Waals surface area contributed by atoms with E-state index in [-0.39, 0.29) is 0 Å². The van der Waals surface area contributed by atoms with Gasteiger partial charge in [0.25, 0.3) is 0 Å². The normalized spacial score (nSPS) is 12.8. The molecule has 0 saturated carbocycles. The van der Waals surface area contributed by atoms with Crippen LogP contribution in [-0.2, 0) is 17.5 Å². The topological polar surface area (TPSA) is 37.3 Å². The smallest absolute Gasteiger partial charge is 0.152 e. The maximum Gasteiger partial charge on any atom is 0.152 e. The van der Waals surface area contributed by atoms with Crippen molar-refractivity contribution in [2.24, 2.45) is 0 Å². The summed E-state index contributed by atoms with van der Waals surface area (Å²) in [5, 5.41) is 0.728. The van der Waals surface area contributed by atoms with Gasteiger partial charge in [-0.1, -0.05) is 29.8 Å². The summed E-state index contributed by atoms with van der Waals surface area (Å²) in [5.74, 6) is 0.311. The molecular formula is C9H11ClO2S. The summed E-state index contributed by atoms with van der Waals surface area (Å²) in [6.07, 6.45) is 1.44. The molecular weight excluding hydrogens is 208 g/mol. The van der Waals surface area contributed by atoms with Gasteiger partial charge in [-0.05, 0) is 24.5 Å². The van der Waals surface area contributed by atoms with Gasteiger partial charge in [-0.15, -0.1) is 0 Å². The first-order chi connectivity index (χ1) is 6.20. The Labute approximate surface area is 85.2 Å². The Morgan fingerprint density at radius 2 is 2.08 bits per heavy atom. The van der Waals surface area contributed by atoms with Crippen LogP contribution < -0.4 is 0 Å². The molecule has 0 bridgehead atoms. The lowest BCUT2D eigenvalue weighted by molar-refractivity contribution is 0.561. The fourth-order valence-corrected chi connectivity index (χ4v) is 1.71. The molecule has 0 saturated heterocycles. The average molecular weight is 219 g/mol. The van der Waals surface area contributed by atoms with Crippen LogP contribution in [0.25, 0.3) is 0 Å². The molecule has 0 aliphatic heterocycles. The third-order valence-electron chi connectivity index (χ3n) is 1.72. The van der Waals surface area contributed by atoms with Gasteiger partial charge in [0.2, 0.25) is 0 Å². The Balaban J connectivity index is 2.45. The summed E-state index contributed by atoms with van der Waals surface area (Å²) in [5.41, 5.74) is 1.04. The van der Waals surface area contributed by atoms with E-state index in [1.165, 1.54) is 0 Å². The Bertz CT molecular complexity index is 301. The van der Waals surface area contributed by atoms with Crippen molar-refractivity contribution in [1.82, 2.24) is 0 Å². The zero-order valence-electron chi connectivity index (χ0n) is 7.07. The van der Waals surface area contributed by atoms with Crippen molar-refractivity contribution in [3.05, 3.63) is 34.9 Å². The molecule has 0 fully saturated rings. The standard InChI is InChI=1S/C9H11ClO2S/c10-9-6-2-1-4-8(9)5-3-7-13(11)12/h1-2,4,6H,3,5,7H2,(H,11,12). The van der Waals surface area contributed by atoms with Crippen LogP contribution in [0.4, 0.5) is 0 Å². The summed E-state index contributed by atoms with van der Waals surface area (Å²) < 4.78 is 18.9. The number of halogens is 1. The first-order valence-electron chi connectivity index (χ1n) is 4.01. The zero-order chi connectivity index (χ0) is 9.68. The first kappa shape index (κ1) is 10.7. The molecule has 0 aromatic heterocycles. The minimum absolute atomic E-state index is 0.311. The van der Waals surface area contributed by atoms with E-state index in [4.69, 9.17) is 16.2 Å². The maximum atomic E-state index is 10.4. The minimum atomic E-state index is -1.69. The lowest BCUT2D eigenvalue weighted by Crippen LogP contribution is -1.97. The van der Waals surface area contributed by atoms with Crippen LogP contribution in [0.1, 0.15) is 12.0 Å². The molecule has 0 aliphatic rings. The molecule has 1 aromatic carbocycles. The molecule has 0 heterocycles. The van der Waals surface area contributed by atoms with Crippen LogP contribution in [0.3, 0.4) is 0 Å². The number of rotatable bonds is 4. The summed E-state index contributed by atoms with van der Waals surface area (Å²) in [6.45, 7) is 0. The van der Waals surface area contributed by atoms with Gasteiger partial charge in [0.1, 0.15) is 0 Å². The van der Waals surface area contributed by atoms with E-state index < -0.39 is 11.1 Å². The lowest BCUT2D eigenvalue weighted by atomic mass is 10.1. The Kier molecular flexibility index (Phi) is 4.42. The molecule has 1 unspecified atom stereocenters. The quantitative estimate of drug-likeness (QED) is 0.789. The Hall–Kier alpha value is -0.380. The van der Waals surface area contributed by atoms with Gasteiger partial charge in [-0.25, -0.2) is 4.21 Å². The van der Waals surface area contributed by atoms with Gasteiger partial charge in [0.05, 0.1) is 0 Å². The van der Waals surface area contributed by atoms with Gasteiger partial charge >= 0.3 is 0 Å². The highest BCUT2D eigenvalue weighted by atomic mass is 35.5. The second-order valence-electron chi connectivity index (χ2n) is 2.72. The largest absolute Gasteiger partial charge is 0.306 e. The van der Waals surface area contributed by atoms with Gasteiger partial charge in [0.15, 0.2) is 11.1 Å². The molecule has 72 valence electrons. The molecule has 0 aliphatic carbocycles. The van der Waals surface area contributed by atoms with Crippen LogP contribution >= 0.6 is 11.6 Å². The minimum Gasteiger partial charge on any atom is -0.306 e. The SMILES string of the molecule is O=S(O)CCCc1ccccc1Cl. The highest BCUT2D eigenvalue weighted by Gasteiger charge is 1.99. The Morgan fingerprint density at radius 3 is 2.69 bits per heavy atom. The van der Waals surface area contributed by atoms with Crippen molar-refractivity contribution in [3.63, 3.8) is 0 Å². The van der Waals surface area contributed by atoms with Crippen molar-refractivity contribution in [3.8, 4) is 0 Å².